The number of nitrogens with zero attached hydrogens (tertiary/aromatic N) is 3. The molecular weight excluding hydrogens is 510 g/mol. The minimum atomic E-state index is -0.473. The number of aryl methyl sites for hydroxylation is 1. The first-order valence-corrected chi connectivity index (χ1v) is 13.7. The lowest BCUT2D eigenvalue weighted by Crippen LogP contribution is -2.31. The van der Waals surface area contributed by atoms with Crippen molar-refractivity contribution in [3.05, 3.63) is 101 Å². The van der Waals surface area contributed by atoms with Crippen LogP contribution in [0.2, 0.25) is 0 Å². The van der Waals surface area contributed by atoms with Crippen molar-refractivity contribution in [3.63, 3.8) is 0 Å². The van der Waals surface area contributed by atoms with E-state index in [2.05, 4.69) is 10.6 Å². The first-order valence-electron chi connectivity index (χ1n) is 12.8. The Morgan fingerprint density at radius 3 is 2.59 bits per heavy atom. The number of aromatic nitrogens is 3. The molecule has 5 rings (SSSR count). The van der Waals surface area contributed by atoms with Crippen LogP contribution in [0, 0.1) is 6.92 Å². The lowest BCUT2D eigenvalue weighted by Gasteiger charge is -2.29. The van der Waals surface area contributed by atoms with E-state index in [0.29, 0.717) is 29.0 Å². The number of benzene rings is 3. The zero-order valence-corrected chi connectivity index (χ0v) is 23.2. The van der Waals surface area contributed by atoms with E-state index in [1.54, 1.807) is 11.8 Å². The van der Waals surface area contributed by atoms with Crippen molar-refractivity contribution in [2.24, 2.45) is 0 Å². The molecule has 8 nitrogen and oxygen atoms in total. The Labute approximate surface area is 232 Å². The number of thioether (sulfide) groups is 1. The maximum absolute atomic E-state index is 13.8. The number of allylic oxidation sites excluding steroid dienone is 1. The van der Waals surface area contributed by atoms with Gasteiger partial charge in [-0.15, -0.1) is 5.10 Å². The molecule has 1 aliphatic rings. The molecule has 1 aromatic heterocycles. The molecule has 4 aromatic rings. The highest BCUT2D eigenvalue weighted by Gasteiger charge is 2.34. The quantitative estimate of drug-likeness (QED) is 0.243. The van der Waals surface area contributed by atoms with E-state index in [4.69, 9.17) is 19.6 Å². The molecule has 0 saturated carbocycles. The maximum atomic E-state index is 13.8. The smallest absolute Gasteiger partial charge is 0.255 e. The third kappa shape index (κ3) is 5.78. The van der Waals surface area contributed by atoms with E-state index in [0.717, 1.165) is 39.6 Å². The molecule has 2 N–H and O–H groups in total. The summed E-state index contributed by atoms with van der Waals surface area (Å²) in [5.41, 5.74) is 5.07. The van der Waals surface area contributed by atoms with Crippen molar-refractivity contribution < 1.29 is 14.3 Å². The van der Waals surface area contributed by atoms with Gasteiger partial charge in [-0.25, -0.2) is 4.68 Å². The Hall–Kier alpha value is -4.24. The van der Waals surface area contributed by atoms with E-state index in [1.165, 1.54) is 11.8 Å². The molecule has 39 heavy (non-hydrogen) atoms. The van der Waals surface area contributed by atoms with E-state index >= 15 is 0 Å². The minimum absolute atomic E-state index is 0.195. The normalized spacial score (nSPS) is 14.4. The highest BCUT2D eigenvalue weighted by atomic mass is 32.2. The number of rotatable bonds is 9. The summed E-state index contributed by atoms with van der Waals surface area (Å²) >= 11 is 1.53. The van der Waals surface area contributed by atoms with Crippen LogP contribution in [0.5, 0.6) is 11.5 Å². The number of hydrogen-bond donors (Lipinski definition) is 2. The second-order valence-corrected chi connectivity index (χ2v) is 10.1. The lowest BCUT2D eigenvalue weighted by molar-refractivity contribution is -0.113. The third-order valence-electron chi connectivity index (χ3n) is 6.48. The van der Waals surface area contributed by atoms with Crippen LogP contribution in [0.15, 0.2) is 89.2 Å². The summed E-state index contributed by atoms with van der Waals surface area (Å²) in [5.74, 6) is 2.66. The van der Waals surface area contributed by atoms with Crippen LogP contribution in [-0.2, 0) is 10.5 Å². The van der Waals surface area contributed by atoms with Crippen LogP contribution in [0.25, 0.3) is 0 Å². The number of amides is 1. The number of para-hydroxylation sites is 1. The molecule has 0 spiro atoms. The summed E-state index contributed by atoms with van der Waals surface area (Å²) in [6.45, 7) is 6.40. The zero-order valence-electron chi connectivity index (χ0n) is 22.4. The van der Waals surface area contributed by atoms with Gasteiger partial charge in [0.25, 0.3) is 5.91 Å². The van der Waals surface area contributed by atoms with Crippen molar-refractivity contribution in [3.8, 4) is 11.5 Å². The van der Waals surface area contributed by atoms with Crippen LogP contribution < -0.4 is 20.1 Å². The fourth-order valence-corrected chi connectivity index (χ4v) is 5.29. The van der Waals surface area contributed by atoms with Gasteiger partial charge in [-0.1, -0.05) is 54.2 Å². The van der Waals surface area contributed by atoms with Gasteiger partial charge in [0, 0.05) is 17.1 Å². The molecule has 0 saturated heterocycles. The van der Waals surface area contributed by atoms with Crippen molar-refractivity contribution in [2.45, 2.75) is 37.7 Å². The summed E-state index contributed by atoms with van der Waals surface area (Å²) in [6.07, 6.45) is 0. The fourth-order valence-electron chi connectivity index (χ4n) is 4.52. The Morgan fingerprint density at radius 2 is 1.85 bits per heavy atom. The van der Waals surface area contributed by atoms with Gasteiger partial charge in [0.15, 0.2) is 0 Å². The largest absolute Gasteiger partial charge is 0.497 e. The fraction of sp³-hybridized carbons (Fsp3) is 0.233. The molecule has 0 fully saturated rings. The number of methoxy groups -OCH3 is 1. The second kappa shape index (κ2) is 11.7. The third-order valence-corrected chi connectivity index (χ3v) is 7.39. The summed E-state index contributed by atoms with van der Waals surface area (Å²) in [5, 5.41) is 11.9. The molecule has 1 amide bonds. The van der Waals surface area contributed by atoms with E-state index in [9.17, 15) is 4.79 Å². The van der Waals surface area contributed by atoms with Gasteiger partial charge in [0.1, 0.15) is 17.5 Å². The highest BCUT2D eigenvalue weighted by Crippen LogP contribution is 2.37. The van der Waals surface area contributed by atoms with Gasteiger partial charge in [-0.2, -0.15) is 4.98 Å². The predicted molar refractivity (Wildman–Crippen MR) is 154 cm³/mol. The van der Waals surface area contributed by atoms with E-state index in [-0.39, 0.29) is 5.91 Å². The molecule has 0 unspecified atom stereocenters. The average molecular weight is 542 g/mol. The Morgan fingerprint density at radius 1 is 1.05 bits per heavy atom. The lowest BCUT2D eigenvalue weighted by atomic mass is 9.95. The summed E-state index contributed by atoms with van der Waals surface area (Å²) in [4.78, 5) is 18.5. The predicted octanol–water partition coefficient (Wildman–Crippen LogP) is 6.21. The Kier molecular flexibility index (Phi) is 7.88. The van der Waals surface area contributed by atoms with Gasteiger partial charge in [0.05, 0.1) is 19.3 Å². The van der Waals surface area contributed by atoms with Crippen molar-refractivity contribution in [1.82, 2.24) is 14.8 Å². The molecule has 0 radical (unpaired) electrons. The summed E-state index contributed by atoms with van der Waals surface area (Å²) in [6, 6.07) is 23.0. The SMILES string of the molecule is CCOc1ccc([C@@H]2C(C(=O)Nc3ccccc3C)=C(C)Nc3nc(SCc4cccc(OC)c4)nn32)cc1. The molecular formula is C30H31N5O3S. The van der Waals surface area contributed by atoms with E-state index in [1.807, 2.05) is 93.6 Å². The van der Waals surface area contributed by atoms with Crippen molar-refractivity contribution in [2.75, 3.05) is 24.4 Å². The molecule has 200 valence electrons. The summed E-state index contributed by atoms with van der Waals surface area (Å²) in [7, 11) is 1.66. The summed E-state index contributed by atoms with van der Waals surface area (Å²) < 4.78 is 12.8. The first kappa shape index (κ1) is 26.4. The molecule has 3 aromatic carbocycles. The van der Waals surface area contributed by atoms with Gasteiger partial charge < -0.3 is 20.1 Å². The molecule has 0 bridgehead atoms. The number of carbonyl (C=O) groups excluding carboxylic acids is 1. The Bertz CT molecular complexity index is 1510. The van der Waals surface area contributed by atoms with Crippen molar-refractivity contribution in [1.29, 1.82) is 0 Å². The molecule has 9 heteroatoms. The van der Waals surface area contributed by atoms with Gasteiger partial charge in [-0.3, -0.25) is 4.79 Å². The molecule has 1 atom stereocenters. The highest BCUT2D eigenvalue weighted by molar-refractivity contribution is 7.98. The molecule has 1 aliphatic heterocycles. The standard InChI is InChI=1S/C30H31N5O3S/c1-5-38-23-15-13-22(14-16-23)27-26(28(36)32-25-12-7-6-9-19(25)2)20(3)31-29-33-30(34-35(27)29)39-18-21-10-8-11-24(17-21)37-4/h6-17,27H,5,18H2,1-4H3,(H,32,36)(H,31,33,34)/t27-/m1/s1. The average Bonchev–Trinajstić information content (AvgIpc) is 3.35. The number of hydrogen-bond acceptors (Lipinski definition) is 7. The Balaban J connectivity index is 1.48. The van der Waals surface area contributed by atoms with Crippen LogP contribution in [0.3, 0.4) is 0 Å². The molecule has 2 heterocycles. The number of anilines is 2. The molecule has 0 aliphatic carbocycles. The minimum Gasteiger partial charge on any atom is -0.497 e. The van der Waals surface area contributed by atoms with Gasteiger partial charge in [-0.05, 0) is 67.8 Å². The number of nitrogens with one attached hydrogen (secondary N) is 2. The topological polar surface area (TPSA) is 90.3 Å². The van der Waals surface area contributed by atoms with Crippen molar-refractivity contribution >= 4 is 29.3 Å². The van der Waals surface area contributed by atoms with Crippen LogP contribution in [-0.4, -0.2) is 34.4 Å². The second-order valence-electron chi connectivity index (χ2n) is 9.14. The number of ether oxygens (including phenoxy) is 2. The number of fused-ring (bicyclic) bond motifs is 1. The van der Waals surface area contributed by atoms with Crippen LogP contribution >= 0.6 is 11.8 Å². The monoisotopic (exact) mass is 541 g/mol. The maximum Gasteiger partial charge on any atom is 0.255 e. The van der Waals surface area contributed by atoms with Crippen LogP contribution in [0.1, 0.15) is 36.6 Å². The van der Waals surface area contributed by atoms with E-state index < -0.39 is 6.04 Å². The van der Waals surface area contributed by atoms with Crippen LogP contribution in [0.4, 0.5) is 11.6 Å². The zero-order chi connectivity index (χ0) is 27.4. The first-order chi connectivity index (χ1) is 19.0. The number of carbonyl (C=O) groups is 1. The van der Waals surface area contributed by atoms with Gasteiger partial charge in [0.2, 0.25) is 11.1 Å². The van der Waals surface area contributed by atoms with Gasteiger partial charge >= 0.3 is 0 Å².